The molecule has 0 atom stereocenters. The Hall–Kier alpha value is -3.67. The molecule has 0 radical (unpaired) electrons. The number of hydrogen-bond donors (Lipinski definition) is 1. The number of nitrogens with zero attached hydrogens (tertiary/aromatic N) is 2. The molecule has 6 nitrogen and oxygen atoms in total. The van der Waals surface area contributed by atoms with Crippen molar-refractivity contribution in [1.82, 2.24) is 4.98 Å². The van der Waals surface area contributed by atoms with Gasteiger partial charge < -0.3 is 15.0 Å². The lowest BCUT2D eigenvalue weighted by molar-refractivity contribution is -0.119. The first-order valence-corrected chi connectivity index (χ1v) is 10.0. The molecule has 0 aliphatic carbocycles. The molecule has 1 aliphatic heterocycles. The zero-order chi connectivity index (χ0) is 20.8. The molecular formula is C24H23N3O3. The van der Waals surface area contributed by atoms with Crippen LogP contribution in [-0.2, 0) is 9.53 Å². The van der Waals surface area contributed by atoms with Crippen LogP contribution in [0.4, 0.5) is 11.5 Å². The fourth-order valence-corrected chi connectivity index (χ4v) is 3.52. The zero-order valence-electron chi connectivity index (χ0n) is 16.6. The lowest BCUT2D eigenvalue weighted by atomic mass is 10.1. The van der Waals surface area contributed by atoms with Crippen LogP contribution in [-0.4, -0.2) is 36.6 Å². The van der Waals surface area contributed by atoms with Gasteiger partial charge in [0.2, 0.25) is 0 Å². The average molecular weight is 401 g/mol. The molecule has 1 fully saturated rings. The number of ether oxygens (including phenoxy) is 1. The molecule has 1 amide bonds. The lowest BCUT2D eigenvalue weighted by Gasteiger charge is -2.18. The molecule has 4 rings (SSSR count). The van der Waals surface area contributed by atoms with Gasteiger partial charge in [-0.15, -0.1) is 0 Å². The summed E-state index contributed by atoms with van der Waals surface area (Å²) in [7, 11) is 0. The maximum Gasteiger partial charge on any atom is 0.342 e. The molecular weight excluding hydrogens is 378 g/mol. The number of amides is 1. The molecule has 0 spiro atoms. The van der Waals surface area contributed by atoms with Crippen molar-refractivity contribution in [2.75, 3.05) is 29.9 Å². The van der Waals surface area contributed by atoms with E-state index in [4.69, 9.17) is 4.74 Å². The van der Waals surface area contributed by atoms with Crippen molar-refractivity contribution in [3.05, 3.63) is 78.5 Å². The number of nitrogens with one attached hydrogen (secondary N) is 1. The molecule has 1 N–H and O–H groups in total. The number of carbonyl (C=O) groups is 2. The van der Waals surface area contributed by atoms with E-state index in [0.717, 1.165) is 37.1 Å². The van der Waals surface area contributed by atoms with E-state index in [1.807, 2.05) is 54.6 Å². The molecule has 152 valence electrons. The summed E-state index contributed by atoms with van der Waals surface area (Å²) < 4.78 is 5.24. The van der Waals surface area contributed by atoms with E-state index in [-0.39, 0.29) is 12.5 Å². The highest BCUT2D eigenvalue weighted by Gasteiger charge is 2.22. The van der Waals surface area contributed by atoms with E-state index in [1.165, 1.54) is 0 Å². The van der Waals surface area contributed by atoms with Gasteiger partial charge in [0.15, 0.2) is 6.61 Å². The molecule has 6 heteroatoms. The van der Waals surface area contributed by atoms with Crippen molar-refractivity contribution in [3.63, 3.8) is 0 Å². The second-order valence-corrected chi connectivity index (χ2v) is 7.14. The molecule has 0 bridgehead atoms. The SMILES string of the molecule is O=C(COC(=O)c1cccnc1N1CCCC1)Nc1ccc(-c2ccccc2)cc1. The molecule has 30 heavy (non-hydrogen) atoms. The minimum atomic E-state index is -0.542. The number of pyridine rings is 1. The van der Waals surface area contributed by atoms with Crippen molar-refractivity contribution < 1.29 is 14.3 Å². The molecule has 3 aromatic rings. The van der Waals surface area contributed by atoms with E-state index < -0.39 is 5.97 Å². The van der Waals surface area contributed by atoms with Crippen molar-refractivity contribution in [2.24, 2.45) is 0 Å². The third-order valence-corrected chi connectivity index (χ3v) is 5.02. The summed E-state index contributed by atoms with van der Waals surface area (Å²) in [5.41, 5.74) is 3.20. The summed E-state index contributed by atoms with van der Waals surface area (Å²) in [4.78, 5) is 31.2. The molecule has 1 aliphatic rings. The number of hydrogen-bond acceptors (Lipinski definition) is 5. The quantitative estimate of drug-likeness (QED) is 0.629. The Morgan fingerprint density at radius 2 is 1.60 bits per heavy atom. The standard InChI is InChI=1S/C24H23N3O3/c28-22(26-20-12-10-19(11-13-20)18-7-2-1-3-8-18)17-30-24(29)21-9-6-14-25-23(21)27-15-4-5-16-27/h1-3,6-14H,4-5,15-17H2,(H,26,28). The smallest absolute Gasteiger partial charge is 0.342 e. The van der Waals surface area contributed by atoms with Crippen LogP contribution in [0.25, 0.3) is 11.1 Å². The molecule has 1 aromatic heterocycles. The van der Waals surface area contributed by atoms with E-state index in [2.05, 4.69) is 15.2 Å². The third-order valence-electron chi connectivity index (χ3n) is 5.02. The minimum Gasteiger partial charge on any atom is -0.452 e. The van der Waals surface area contributed by atoms with Gasteiger partial charge in [-0.25, -0.2) is 9.78 Å². The van der Waals surface area contributed by atoms with Gasteiger partial charge in [0.05, 0.1) is 0 Å². The number of rotatable bonds is 6. The molecule has 0 unspecified atom stereocenters. The van der Waals surface area contributed by atoms with Gasteiger partial charge in [-0.05, 0) is 48.2 Å². The number of esters is 1. The minimum absolute atomic E-state index is 0.354. The highest BCUT2D eigenvalue weighted by molar-refractivity contribution is 5.98. The summed E-state index contributed by atoms with van der Waals surface area (Å²) in [6.07, 6.45) is 3.82. The van der Waals surface area contributed by atoms with Crippen molar-refractivity contribution >= 4 is 23.4 Å². The average Bonchev–Trinajstić information content (AvgIpc) is 3.33. The Bertz CT molecular complexity index is 1010. The number of benzene rings is 2. The fourth-order valence-electron chi connectivity index (χ4n) is 3.52. The van der Waals surface area contributed by atoms with Crippen LogP contribution in [0.5, 0.6) is 0 Å². The second kappa shape index (κ2) is 9.22. The molecule has 2 heterocycles. The Morgan fingerprint density at radius 1 is 0.900 bits per heavy atom. The Morgan fingerprint density at radius 3 is 2.33 bits per heavy atom. The van der Waals surface area contributed by atoms with Gasteiger partial charge in [-0.2, -0.15) is 0 Å². The van der Waals surface area contributed by atoms with Gasteiger partial charge in [0.1, 0.15) is 11.4 Å². The van der Waals surface area contributed by atoms with Crippen LogP contribution in [0.1, 0.15) is 23.2 Å². The van der Waals surface area contributed by atoms with Crippen LogP contribution < -0.4 is 10.2 Å². The predicted octanol–water partition coefficient (Wildman–Crippen LogP) is 4.14. The summed E-state index contributed by atoms with van der Waals surface area (Å²) in [6.45, 7) is 1.39. The van der Waals surface area contributed by atoms with E-state index >= 15 is 0 Å². The van der Waals surface area contributed by atoms with Gasteiger partial charge in [-0.3, -0.25) is 4.79 Å². The van der Waals surface area contributed by atoms with Crippen LogP contribution in [0.15, 0.2) is 72.9 Å². The normalized spacial score (nSPS) is 13.1. The topological polar surface area (TPSA) is 71.5 Å². The van der Waals surface area contributed by atoms with Crippen molar-refractivity contribution in [1.29, 1.82) is 0 Å². The van der Waals surface area contributed by atoms with E-state index in [9.17, 15) is 9.59 Å². The van der Waals surface area contributed by atoms with Crippen LogP contribution in [0.3, 0.4) is 0 Å². The van der Waals surface area contributed by atoms with E-state index in [1.54, 1.807) is 18.3 Å². The van der Waals surface area contributed by atoms with Crippen LogP contribution in [0.2, 0.25) is 0 Å². The highest BCUT2D eigenvalue weighted by atomic mass is 16.5. The molecule has 2 aromatic carbocycles. The van der Waals surface area contributed by atoms with Gasteiger partial charge in [-0.1, -0.05) is 42.5 Å². The zero-order valence-corrected chi connectivity index (χ0v) is 16.6. The Kier molecular flexibility index (Phi) is 6.03. The van der Waals surface area contributed by atoms with E-state index in [0.29, 0.717) is 17.1 Å². The third kappa shape index (κ3) is 4.66. The molecule has 1 saturated heterocycles. The first-order chi connectivity index (χ1) is 14.7. The van der Waals surface area contributed by atoms with Crippen molar-refractivity contribution in [2.45, 2.75) is 12.8 Å². The maximum absolute atomic E-state index is 12.5. The number of aromatic nitrogens is 1. The van der Waals surface area contributed by atoms with Gasteiger partial charge in [0, 0.05) is 25.0 Å². The Balaban J connectivity index is 1.33. The monoisotopic (exact) mass is 401 g/mol. The maximum atomic E-state index is 12.5. The summed E-state index contributed by atoms with van der Waals surface area (Å²) >= 11 is 0. The van der Waals surface area contributed by atoms with Gasteiger partial charge in [0.25, 0.3) is 5.91 Å². The number of anilines is 2. The first kappa shape index (κ1) is 19.6. The van der Waals surface area contributed by atoms with Gasteiger partial charge >= 0.3 is 5.97 Å². The molecule has 0 saturated carbocycles. The largest absolute Gasteiger partial charge is 0.452 e. The highest BCUT2D eigenvalue weighted by Crippen LogP contribution is 2.23. The fraction of sp³-hybridized carbons (Fsp3) is 0.208. The van der Waals surface area contributed by atoms with Crippen molar-refractivity contribution in [3.8, 4) is 11.1 Å². The Labute approximate surface area is 175 Å². The predicted molar refractivity (Wildman–Crippen MR) is 116 cm³/mol. The number of carbonyl (C=O) groups excluding carboxylic acids is 2. The summed E-state index contributed by atoms with van der Waals surface area (Å²) in [5.74, 6) is -0.307. The lowest BCUT2D eigenvalue weighted by Crippen LogP contribution is -2.24. The second-order valence-electron chi connectivity index (χ2n) is 7.14. The van der Waals surface area contributed by atoms with Crippen LogP contribution in [0, 0.1) is 0 Å². The summed E-state index contributed by atoms with van der Waals surface area (Å²) in [6, 6.07) is 20.9. The summed E-state index contributed by atoms with van der Waals surface area (Å²) in [5, 5.41) is 2.75. The van der Waals surface area contributed by atoms with Crippen LogP contribution >= 0.6 is 0 Å². The first-order valence-electron chi connectivity index (χ1n) is 10.0.